The van der Waals surface area contributed by atoms with Gasteiger partial charge >= 0.3 is 5.97 Å². The van der Waals surface area contributed by atoms with Gasteiger partial charge in [0.15, 0.2) is 0 Å². The van der Waals surface area contributed by atoms with Gasteiger partial charge in [-0.1, -0.05) is 32.4 Å². The van der Waals surface area contributed by atoms with E-state index in [-0.39, 0.29) is 17.1 Å². The molecule has 0 saturated carbocycles. The molecule has 6 nitrogen and oxygen atoms in total. The van der Waals surface area contributed by atoms with Crippen LogP contribution in [0.1, 0.15) is 48.2 Å². The number of ether oxygens (including phenoxy) is 4. The van der Waals surface area contributed by atoms with Crippen molar-refractivity contribution in [1.82, 2.24) is 0 Å². The molecule has 3 aromatic carbocycles. The highest BCUT2D eigenvalue weighted by Crippen LogP contribution is 2.36. The van der Waals surface area contributed by atoms with Crippen LogP contribution >= 0.6 is 15.9 Å². The molecule has 0 spiro atoms. The molecule has 0 heterocycles. The lowest BCUT2D eigenvalue weighted by Crippen LogP contribution is -2.09. The smallest absolute Gasteiger partial charge is 0.344 e. The van der Waals surface area contributed by atoms with Gasteiger partial charge in [-0.25, -0.2) is 9.18 Å². The van der Waals surface area contributed by atoms with Crippen LogP contribution in [0.15, 0.2) is 53.0 Å². The topological polar surface area (TPSA) is 74.2 Å². The van der Waals surface area contributed by atoms with Gasteiger partial charge in [0.2, 0.25) is 0 Å². The summed E-state index contributed by atoms with van der Waals surface area (Å²) in [6.07, 6.45) is 2.90. The van der Waals surface area contributed by atoms with Crippen LogP contribution < -0.4 is 14.2 Å². The number of esters is 1. The normalized spacial score (nSPS) is 10.7. The van der Waals surface area contributed by atoms with E-state index in [4.69, 9.17) is 18.9 Å². The highest BCUT2D eigenvalue weighted by molar-refractivity contribution is 9.10. The third kappa shape index (κ3) is 6.69. The van der Waals surface area contributed by atoms with Gasteiger partial charge in [0.25, 0.3) is 0 Å². The molecule has 0 fully saturated rings. The minimum atomic E-state index is -0.808. The summed E-state index contributed by atoms with van der Waals surface area (Å²) in [7, 11) is 1.20. The molecule has 36 heavy (non-hydrogen) atoms. The van der Waals surface area contributed by atoms with Gasteiger partial charge in [0, 0.05) is 18.1 Å². The number of methoxy groups -OCH3 is 1. The van der Waals surface area contributed by atoms with Crippen molar-refractivity contribution in [3.63, 3.8) is 0 Å². The molecule has 1 N–H and O–H groups in total. The molecule has 0 aliphatic carbocycles. The van der Waals surface area contributed by atoms with Gasteiger partial charge in [-0.3, -0.25) is 0 Å². The lowest BCUT2D eigenvalue weighted by molar-refractivity contribution is 0.0592. The van der Waals surface area contributed by atoms with Crippen LogP contribution in [0.25, 0.3) is 0 Å². The number of carbonyl (C=O) groups excluding carboxylic acids is 1. The van der Waals surface area contributed by atoms with Crippen molar-refractivity contribution in [3.05, 3.63) is 75.5 Å². The van der Waals surface area contributed by atoms with E-state index in [9.17, 15) is 14.3 Å². The Morgan fingerprint density at radius 3 is 2.33 bits per heavy atom. The highest BCUT2D eigenvalue weighted by Gasteiger charge is 2.21. The van der Waals surface area contributed by atoms with Gasteiger partial charge in [-0.2, -0.15) is 0 Å². The highest BCUT2D eigenvalue weighted by atomic mass is 79.9. The largest absolute Gasteiger partial charge is 0.507 e. The minimum absolute atomic E-state index is 0.0780. The Bertz CT molecular complexity index is 1200. The predicted octanol–water partition coefficient (Wildman–Crippen LogP) is 7.24. The third-order valence-corrected chi connectivity index (χ3v) is 6.12. The predicted molar refractivity (Wildman–Crippen MR) is 139 cm³/mol. The monoisotopic (exact) mass is 560 g/mol. The van der Waals surface area contributed by atoms with Crippen LogP contribution in [0.5, 0.6) is 28.7 Å². The van der Waals surface area contributed by atoms with Crippen molar-refractivity contribution in [2.75, 3.05) is 20.3 Å². The van der Waals surface area contributed by atoms with Crippen LogP contribution in [0, 0.1) is 5.82 Å². The number of benzene rings is 3. The Balaban J connectivity index is 1.70. The molecule has 0 saturated heterocycles. The first kappa shape index (κ1) is 27.3. The summed E-state index contributed by atoms with van der Waals surface area (Å²) in [6, 6.07) is 13.1. The van der Waals surface area contributed by atoms with Crippen molar-refractivity contribution in [1.29, 1.82) is 0 Å². The number of hydrogen-bond donors (Lipinski definition) is 1. The maximum Gasteiger partial charge on any atom is 0.344 e. The van der Waals surface area contributed by atoms with E-state index in [1.807, 2.05) is 26.0 Å². The van der Waals surface area contributed by atoms with E-state index in [0.29, 0.717) is 47.8 Å². The van der Waals surface area contributed by atoms with Crippen molar-refractivity contribution >= 4 is 21.9 Å². The number of hydrogen-bond acceptors (Lipinski definition) is 6. The summed E-state index contributed by atoms with van der Waals surface area (Å²) >= 11 is 3.33. The van der Waals surface area contributed by atoms with Crippen LogP contribution in [0.2, 0.25) is 0 Å². The number of rotatable bonds is 12. The van der Waals surface area contributed by atoms with Crippen LogP contribution in [-0.4, -0.2) is 31.4 Å². The second kappa shape index (κ2) is 13.2. The molecule has 8 heteroatoms. The van der Waals surface area contributed by atoms with Gasteiger partial charge in [0.05, 0.1) is 24.8 Å². The zero-order chi connectivity index (χ0) is 26.1. The molecule has 3 aromatic rings. The Hall–Kier alpha value is -3.26. The van der Waals surface area contributed by atoms with E-state index < -0.39 is 11.8 Å². The summed E-state index contributed by atoms with van der Waals surface area (Å²) in [4.78, 5) is 12.1. The van der Waals surface area contributed by atoms with E-state index >= 15 is 0 Å². The van der Waals surface area contributed by atoms with Gasteiger partial charge < -0.3 is 24.1 Å². The van der Waals surface area contributed by atoms with Gasteiger partial charge in [-0.05, 0) is 64.7 Å². The summed E-state index contributed by atoms with van der Waals surface area (Å²) in [5, 5.41) is 9.95. The fourth-order valence-electron chi connectivity index (χ4n) is 3.70. The number of phenolic OH excluding ortho intramolecular Hbond substituents is 1. The molecule has 0 amide bonds. The quantitative estimate of drug-likeness (QED) is 0.186. The van der Waals surface area contributed by atoms with E-state index in [1.54, 1.807) is 18.2 Å². The molecule has 0 bridgehead atoms. The fourth-order valence-corrected chi connectivity index (χ4v) is 4.09. The summed E-state index contributed by atoms with van der Waals surface area (Å²) in [5.74, 6) is 0.478. The number of carbonyl (C=O) groups is 1. The Kier molecular flexibility index (Phi) is 9.99. The van der Waals surface area contributed by atoms with Gasteiger partial charge in [0.1, 0.15) is 40.1 Å². The standard InChI is InChI=1S/C28H30BrFO6/c1-4-9-19-23(34-14-8-15-35-26-17-22(31)20(29)16-18(26)5-2)11-7-12-24(19)36-25-13-6-10-21(30)27(25)28(32)33-3/h6-7,10-13,16-17,31H,4-5,8-9,14-15H2,1-3H3. The number of aromatic hydroxyl groups is 1. The summed E-state index contributed by atoms with van der Waals surface area (Å²) < 4.78 is 37.6. The van der Waals surface area contributed by atoms with Crippen LogP contribution in [0.4, 0.5) is 4.39 Å². The molecular formula is C28H30BrFO6. The fraction of sp³-hybridized carbons (Fsp3) is 0.321. The maximum absolute atomic E-state index is 14.3. The van der Waals surface area contributed by atoms with Crippen molar-refractivity contribution < 1.29 is 33.2 Å². The minimum Gasteiger partial charge on any atom is -0.507 e. The molecule has 0 aliphatic rings. The Morgan fingerprint density at radius 1 is 0.972 bits per heavy atom. The molecule has 0 atom stereocenters. The number of phenols is 1. The second-order valence-electron chi connectivity index (χ2n) is 8.00. The molecule has 0 aromatic heterocycles. The second-order valence-corrected chi connectivity index (χ2v) is 8.86. The molecule has 192 valence electrons. The average molecular weight is 561 g/mol. The van der Waals surface area contributed by atoms with Crippen LogP contribution in [-0.2, 0) is 17.6 Å². The third-order valence-electron chi connectivity index (χ3n) is 5.49. The maximum atomic E-state index is 14.3. The first-order valence-corrected chi connectivity index (χ1v) is 12.6. The molecular weight excluding hydrogens is 531 g/mol. The van der Waals surface area contributed by atoms with Crippen molar-refractivity contribution in [2.45, 2.75) is 39.5 Å². The van der Waals surface area contributed by atoms with Gasteiger partial charge in [-0.15, -0.1) is 0 Å². The Labute approximate surface area is 219 Å². The summed E-state index contributed by atoms with van der Waals surface area (Å²) in [5.41, 5.74) is 1.57. The van der Waals surface area contributed by atoms with Crippen molar-refractivity contribution in [3.8, 4) is 28.7 Å². The Morgan fingerprint density at radius 2 is 1.64 bits per heavy atom. The molecule has 0 aliphatic heterocycles. The van der Waals surface area contributed by atoms with E-state index in [0.717, 1.165) is 24.0 Å². The zero-order valence-electron chi connectivity index (χ0n) is 20.6. The van der Waals surface area contributed by atoms with E-state index in [2.05, 4.69) is 15.9 Å². The molecule has 0 unspecified atom stereocenters. The first-order chi connectivity index (χ1) is 17.4. The molecule has 0 radical (unpaired) electrons. The number of halogens is 2. The SMILES string of the molecule is CCCc1c(OCCCOc2cc(O)c(Br)cc2CC)cccc1Oc1cccc(F)c1C(=O)OC. The summed E-state index contributed by atoms with van der Waals surface area (Å²) in [6.45, 7) is 4.88. The lowest BCUT2D eigenvalue weighted by Gasteiger charge is -2.17. The average Bonchev–Trinajstić information content (AvgIpc) is 2.87. The number of aryl methyl sites for hydroxylation is 1. The van der Waals surface area contributed by atoms with Crippen LogP contribution in [0.3, 0.4) is 0 Å². The zero-order valence-corrected chi connectivity index (χ0v) is 22.2. The lowest BCUT2D eigenvalue weighted by atomic mass is 10.1. The molecule has 3 rings (SSSR count). The van der Waals surface area contributed by atoms with Crippen molar-refractivity contribution in [2.24, 2.45) is 0 Å². The first-order valence-electron chi connectivity index (χ1n) is 11.8. The van der Waals surface area contributed by atoms with E-state index in [1.165, 1.54) is 25.3 Å².